The summed E-state index contributed by atoms with van der Waals surface area (Å²) >= 11 is 0. The molecule has 2 aliphatic rings. The lowest BCUT2D eigenvalue weighted by Crippen LogP contribution is -2.61. The van der Waals surface area contributed by atoms with Crippen LogP contribution in [0.3, 0.4) is 0 Å². The minimum atomic E-state index is -0.469. The zero-order valence-corrected chi connectivity index (χ0v) is 17.2. The molecule has 1 aromatic carbocycles. The van der Waals surface area contributed by atoms with Crippen LogP contribution in [0.15, 0.2) is 28.8 Å². The van der Waals surface area contributed by atoms with Gasteiger partial charge in [-0.05, 0) is 51.3 Å². The molecule has 0 N–H and O–H groups in total. The van der Waals surface area contributed by atoms with E-state index in [1.807, 2.05) is 20.8 Å². The molecule has 2 aromatic rings. The summed E-state index contributed by atoms with van der Waals surface area (Å²) in [5, 5.41) is 4.05. The maximum atomic E-state index is 13.0. The van der Waals surface area contributed by atoms with Crippen LogP contribution in [0.2, 0.25) is 0 Å². The summed E-state index contributed by atoms with van der Waals surface area (Å²) in [4.78, 5) is 20.6. The van der Waals surface area contributed by atoms with Crippen molar-refractivity contribution in [1.29, 1.82) is 0 Å². The number of benzene rings is 1. The van der Waals surface area contributed by atoms with Gasteiger partial charge in [-0.3, -0.25) is 0 Å². The van der Waals surface area contributed by atoms with Crippen LogP contribution >= 0.6 is 0 Å². The Balaban J connectivity index is 1.28. The van der Waals surface area contributed by atoms with Crippen molar-refractivity contribution >= 4 is 12.1 Å². The van der Waals surface area contributed by atoms with Crippen molar-refractivity contribution in [3.8, 4) is 0 Å². The predicted octanol–water partition coefficient (Wildman–Crippen LogP) is 3.64. The molecular formula is C21H27FN4O3. The normalized spacial score (nSPS) is 18.6. The number of nitrogens with zero attached hydrogens (tertiary/aromatic N) is 4. The second-order valence-corrected chi connectivity index (χ2v) is 9.12. The SMILES string of the molecule is CC(C)(C)OC(=O)N1CCC2(CC1)CN(c1nc(Cc3ccc(F)cc3)no1)C2. The van der Waals surface area contributed by atoms with Gasteiger partial charge in [0.25, 0.3) is 0 Å². The number of piperidine rings is 1. The van der Waals surface area contributed by atoms with Crippen LogP contribution < -0.4 is 4.90 Å². The van der Waals surface area contributed by atoms with Gasteiger partial charge in [-0.15, -0.1) is 0 Å². The highest BCUT2D eigenvalue weighted by Crippen LogP contribution is 2.42. The van der Waals surface area contributed by atoms with Gasteiger partial charge in [-0.2, -0.15) is 4.98 Å². The number of halogens is 1. The average Bonchev–Trinajstić information content (AvgIpc) is 3.08. The first-order valence-corrected chi connectivity index (χ1v) is 10.0. The Bertz CT molecular complexity index is 859. The third kappa shape index (κ3) is 4.52. The van der Waals surface area contributed by atoms with Gasteiger partial charge in [0, 0.05) is 38.0 Å². The topological polar surface area (TPSA) is 71.7 Å². The molecule has 0 saturated carbocycles. The maximum Gasteiger partial charge on any atom is 0.410 e. The lowest BCUT2D eigenvalue weighted by atomic mass is 9.72. The molecule has 0 unspecified atom stereocenters. The van der Waals surface area contributed by atoms with Gasteiger partial charge in [0.1, 0.15) is 11.4 Å². The first-order chi connectivity index (χ1) is 13.7. The van der Waals surface area contributed by atoms with Crippen LogP contribution in [0.5, 0.6) is 0 Å². The molecule has 7 nitrogen and oxygen atoms in total. The number of rotatable bonds is 3. The first-order valence-electron chi connectivity index (χ1n) is 10.0. The minimum absolute atomic E-state index is 0.199. The van der Waals surface area contributed by atoms with Crippen LogP contribution in [0.1, 0.15) is 45.0 Å². The molecule has 1 aromatic heterocycles. The molecule has 8 heteroatoms. The van der Waals surface area contributed by atoms with Crippen molar-refractivity contribution in [1.82, 2.24) is 15.0 Å². The largest absolute Gasteiger partial charge is 0.444 e. The number of carbonyl (C=O) groups is 1. The lowest BCUT2D eigenvalue weighted by Gasteiger charge is -2.53. The van der Waals surface area contributed by atoms with Gasteiger partial charge in [-0.1, -0.05) is 17.3 Å². The molecule has 0 atom stereocenters. The molecule has 156 valence electrons. The van der Waals surface area contributed by atoms with Crippen molar-refractivity contribution in [3.05, 3.63) is 41.5 Å². The number of anilines is 1. The van der Waals surface area contributed by atoms with Gasteiger partial charge in [0.05, 0.1) is 0 Å². The lowest BCUT2D eigenvalue weighted by molar-refractivity contribution is 0.00534. The van der Waals surface area contributed by atoms with Crippen molar-refractivity contribution < 1.29 is 18.4 Å². The number of amides is 1. The summed E-state index contributed by atoms with van der Waals surface area (Å²) in [6.07, 6.45) is 2.16. The molecule has 2 aliphatic heterocycles. The van der Waals surface area contributed by atoms with Gasteiger partial charge in [-0.25, -0.2) is 9.18 Å². The van der Waals surface area contributed by atoms with E-state index in [1.165, 1.54) is 12.1 Å². The molecule has 1 amide bonds. The second-order valence-electron chi connectivity index (χ2n) is 9.12. The van der Waals surface area contributed by atoms with E-state index in [0.29, 0.717) is 31.3 Å². The summed E-state index contributed by atoms with van der Waals surface area (Å²) in [6.45, 7) is 8.78. The number of hydrogen-bond donors (Lipinski definition) is 0. The van der Waals surface area contributed by atoms with Crippen LogP contribution in [-0.2, 0) is 11.2 Å². The molecule has 3 heterocycles. The Morgan fingerprint density at radius 3 is 2.48 bits per heavy atom. The monoisotopic (exact) mass is 402 g/mol. The third-order valence-electron chi connectivity index (χ3n) is 5.53. The van der Waals surface area contributed by atoms with Crippen molar-refractivity contribution in [2.24, 2.45) is 5.41 Å². The van der Waals surface area contributed by atoms with Crippen LogP contribution in [0.25, 0.3) is 0 Å². The molecular weight excluding hydrogens is 375 g/mol. The molecule has 29 heavy (non-hydrogen) atoms. The Kier molecular flexibility index (Phi) is 4.96. The summed E-state index contributed by atoms with van der Waals surface area (Å²) < 4.78 is 23.9. The number of likely N-dealkylation sites (tertiary alicyclic amines) is 1. The Morgan fingerprint density at radius 2 is 1.86 bits per heavy atom. The predicted molar refractivity (Wildman–Crippen MR) is 105 cm³/mol. The number of carbonyl (C=O) groups excluding carboxylic acids is 1. The minimum Gasteiger partial charge on any atom is -0.444 e. The van der Waals surface area contributed by atoms with Crippen LogP contribution in [0, 0.1) is 11.2 Å². The Hall–Kier alpha value is -2.64. The van der Waals surface area contributed by atoms with E-state index in [2.05, 4.69) is 15.0 Å². The number of ether oxygens (including phenoxy) is 1. The number of aromatic nitrogens is 2. The van der Waals surface area contributed by atoms with E-state index < -0.39 is 5.60 Å². The zero-order chi connectivity index (χ0) is 20.6. The highest BCUT2D eigenvalue weighted by Gasteiger charge is 2.47. The van der Waals surface area contributed by atoms with E-state index in [1.54, 1.807) is 17.0 Å². The third-order valence-corrected chi connectivity index (χ3v) is 5.53. The highest BCUT2D eigenvalue weighted by atomic mass is 19.1. The van der Waals surface area contributed by atoms with Gasteiger partial charge in [0.15, 0.2) is 5.82 Å². The fourth-order valence-corrected chi connectivity index (χ4v) is 3.93. The molecule has 2 fully saturated rings. The summed E-state index contributed by atoms with van der Waals surface area (Å²) in [6, 6.07) is 6.84. The van der Waals surface area contributed by atoms with Gasteiger partial charge < -0.3 is 19.1 Å². The summed E-state index contributed by atoms with van der Waals surface area (Å²) in [7, 11) is 0. The first kappa shape index (κ1) is 19.7. The second kappa shape index (κ2) is 7.31. The molecule has 0 bridgehead atoms. The molecule has 4 rings (SSSR count). The fourth-order valence-electron chi connectivity index (χ4n) is 3.93. The smallest absolute Gasteiger partial charge is 0.410 e. The van der Waals surface area contributed by atoms with E-state index in [0.717, 1.165) is 31.5 Å². The van der Waals surface area contributed by atoms with E-state index in [9.17, 15) is 9.18 Å². The standard InChI is InChI=1S/C21H27FN4O3/c1-20(2,3)28-19(27)25-10-8-21(9-11-25)13-26(14-21)18-23-17(24-29-18)12-15-4-6-16(22)7-5-15/h4-7H,8-14H2,1-3H3. The summed E-state index contributed by atoms with van der Waals surface area (Å²) in [5.74, 6) is 0.332. The molecule has 0 aliphatic carbocycles. The maximum absolute atomic E-state index is 13.0. The Morgan fingerprint density at radius 1 is 1.21 bits per heavy atom. The van der Waals surface area contributed by atoms with Crippen LogP contribution in [0.4, 0.5) is 15.2 Å². The molecule has 0 radical (unpaired) electrons. The van der Waals surface area contributed by atoms with Crippen molar-refractivity contribution in [2.45, 2.75) is 45.6 Å². The molecule has 2 saturated heterocycles. The zero-order valence-electron chi connectivity index (χ0n) is 17.2. The van der Waals surface area contributed by atoms with Crippen molar-refractivity contribution in [3.63, 3.8) is 0 Å². The Labute approximate surface area is 169 Å². The van der Waals surface area contributed by atoms with Crippen LogP contribution in [-0.4, -0.2) is 52.9 Å². The van der Waals surface area contributed by atoms with E-state index in [-0.39, 0.29) is 17.3 Å². The highest BCUT2D eigenvalue weighted by molar-refractivity contribution is 5.68. The quantitative estimate of drug-likeness (QED) is 0.781. The van der Waals surface area contributed by atoms with E-state index >= 15 is 0 Å². The van der Waals surface area contributed by atoms with Gasteiger partial charge >= 0.3 is 12.1 Å². The fraction of sp³-hybridized carbons (Fsp3) is 0.571. The average molecular weight is 402 g/mol. The van der Waals surface area contributed by atoms with Crippen molar-refractivity contribution in [2.75, 3.05) is 31.1 Å². The summed E-state index contributed by atoms with van der Waals surface area (Å²) in [5.41, 5.74) is 0.668. The molecule has 1 spiro atoms. The van der Waals surface area contributed by atoms with E-state index in [4.69, 9.17) is 9.26 Å². The van der Waals surface area contributed by atoms with Gasteiger partial charge in [0.2, 0.25) is 0 Å². The number of hydrogen-bond acceptors (Lipinski definition) is 6.